The van der Waals surface area contributed by atoms with E-state index in [0.717, 1.165) is 6.07 Å². The van der Waals surface area contributed by atoms with Crippen LogP contribution in [0, 0.1) is 18.6 Å². The Hall–Kier alpha value is -1.20. The first-order chi connectivity index (χ1) is 8.52. The summed E-state index contributed by atoms with van der Waals surface area (Å²) in [6, 6.07) is 5.41. The molecule has 1 atom stereocenters. The van der Waals surface area contributed by atoms with Gasteiger partial charge in [-0.2, -0.15) is 0 Å². The Bertz CT molecular complexity index is 568. The van der Waals surface area contributed by atoms with Crippen LogP contribution < -0.4 is 5.32 Å². The quantitative estimate of drug-likeness (QED) is 0.928. The molecule has 0 radical (unpaired) electrons. The zero-order valence-electron chi connectivity index (χ0n) is 9.93. The minimum absolute atomic E-state index is 0.359. The number of benzene rings is 1. The Morgan fingerprint density at radius 3 is 2.50 bits per heavy atom. The summed E-state index contributed by atoms with van der Waals surface area (Å²) in [7, 11) is 1.69. The van der Waals surface area contributed by atoms with Gasteiger partial charge in [-0.25, -0.2) is 8.78 Å². The van der Waals surface area contributed by atoms with Crippen LogP contribution in [0.5, 0.6) is 0 Å². The fourth-order valence-electron chi connectivity index (χ4n) is 1.84. The maximum absolute atomic E-state index is 13.8. The number of hydrogen-bond acceptors (Lipinski definition) is 2. The van der Waals surface area contributed by atoms with Gasteiger partial charge in [-0.3, -0.25) is 0 Å². The number of halogens is 3. The highest BCUT2D eigenvalue weighted by Crippen LogP contribution is 2.28. The van der Waals surface area contributed by atoms with E-state index >= 15 is 0 Å². The fraction of sp³-hybridized carbons (Fsp3) is 0.231. The van der Waals surface area contributed by atoms with Gasteiger partial charge in [0.25, 0.3) is 0 Å². The van der Waals surface area contributed by atoms with Gasteiger partial charge in [0, 0.05) is 11.6 Å². The molecule has 0 saturated carbocycles. The van der Waals surface area contributed by atoms with E-state index in [-0.39, 0.29) is 0 Å². The molecule has 1 heterocycles. The van der Waals surface area contributed by atoms with Crippen LogP contribution in [0.25, 0.3) is 0 Å². The van der Waals surface area contributed by atoms with E-state index in [1.807, 2.05) is 0 Å². The van der Waals surface area contributed by atoms with Crippen molar-refractivity contribution in [1.29, 1.82) is 0 Å². The molecule has 96 valence electrons. The zero-order valence-corrected chi connectivity index (χ0v) is 11.5. The number of nitrogens with one attached hydrogen (secondary N) is 1. The van der Waals surface area contributed by atoms with Crippen LogP contribution >= 0.6 is 15.9 Å². The largest absolute Gasteiger partial charge is 0.452 e. The predicted octanol–water partition coefficient (Wildman–Crippen LogP) is 3.94. The molecular formula is C13H12BrF2NO. The molecule has 0 amide bonds. The second-order valence-corrected chi connectivity index (χ2v) is 4.77. The lowest BCUT2D eigenvalue weighted by atomic mass is 10.0. The molecule has 0 aliphatic carbocycles. The first-order valence-corrected chi connectivity index (χ1v) is 6.20. The third-order valence-corrected chi connectivity index (χ3v) is 3.18. The highest BCUT2D eigenvalue weighted by atomic mass is 79.9. The van der Waals surface area contributed by atoms with Crippen molar-refractivity contribution in [3.8, 4) is 0 Å². The molecule has 1 unspecified atom stereocenters. The summed E-state index contributed by atoms with van der Waals surface area (Å²) in [4.78, 5) is 0. The standard InChI is InChI=1S/C13H12BrF2NO/c1-7-5-8(10(16)6-9(7)15)13(17-2)11-3-4-12(14)18-11/h3-6,13,17H,1-2H3. The highest BCUT2D eigenvalue weighted by Gasteiger charge is 2.20. The van der Waals surface area contributed by atoms with E-state index in [0.29, 0.717) is 21.6 Å². The van der Waals surface area contributed by atoms with Crippen molar-refractivity contribution in [2.24, 2.45) is 0 Å². The van der Waals surface area contributed by atoms with Crippen molar-refractivity contribution in [1.82, 2.24) is 5.32 Å². The van der Waals surface area contributed by atoms with Gasteiger partial charge in [-0.05, 0) is 53.7 Å². The average molecular weight is 316 g/mol. The number of furan rings is 1. The summed E-state index contributed by atoms with van der Waals surface area (Å²) in [5, 5.41) is 2.96. The van der Waals surface area contributed by atoms with Crippen LogP contribution in [0.3, 0.4) is 0 Å². The van der Waals surface area contributed by atoms with E-state index < -0.39 is 17.7 Å². The van der Waals surface area contributed by atoms with Crippen LogP contribution in [0.2, 0.25) is 0 Å². The van der Waals surface area contributed by atoms with Crippen molar-refractivity contribution < 1.29 is 13.2 Å². The molecule has 0 saturated heterocycles. The second-order valence-electron chi connectivity index (χ2n) is 3.99. The van der Waals surface area contributed by atoms with E-state index in [1.165, 1.54) is 6.07 Å². The van der Waals surface area contributed by atoms with E-state index in [4.69, 9.17) is 4.42 Å². The Kier molecular flexibility index (Phi) is 3.82. The molecule has 2 rings (SSSR count). The number of hydrogen-bond donors (Lipinski definition) is 1. The van der Waals surface area contributed by atoms with Gasteiger partial charge >= 0.3 is 0 Å². The Morgan fingerprint density at radius 1 is 1.22 bits per heavy atom. The lowest BCUT2D eigenvalue weighted by molar-refractivity contribution is 0.437. The van der Waals surface area contributed by atoms with Crippen molar-refractivity contribution in [3.05, 3.63) is 57.5 Å². The SMILES string of the molecule is CNC(c1ccc(Br)o1)c1cc(C)c(F)cc1F. The molecule has 2 nitrogen and oxygen atoms in total. The molecule has 0 fully saturated rings. The molecule has 0 aliphatic heterocycles. The monoisotopic (exact) mass is 315 g/mol. The zero-order chi connectivity index (χ0) is 13.3. The van der Waals surface area contributed by atoms with Crippen LogP contribution in [0.1, 0.15) is 22.9 Å². The normalized spacial score (nSPS) is 12.7. The summed E-state index contributed by atoms with van der Waals surface area (Å²) in [5.74, 6) is -0.578. The maximum atomic E-state index is 13.8. The van der Waals surface area contributed by atoms with Gasteiger partial charge in [-0.1, -0.05) is 0 Å². The first-order valence-electron chi connectivity index (χ1n) is 5.41. The summed E-state index contributed by atoms with van der Waals surface area (Å²) in [6.45, 7) is 1.60. The highest BCUT2D eigenvalue weighted by molar-refractivity contribution is 9.10. The molecule has 18 heavy (non-hydrogen) atoms. The van der Waals surface area contributed by atoms with Gasteiger partial charge in [-0.15, -0.1) is 0 Å². The predicted molar refractivity (Wildman–Crippen MR) is 68.4 cm³/mol. The molecule has 5 heteroatoms. The minimum Gasteiger partial charge on any atom is -0.452 e. The summed E-state index contributed by atoms with van der Waals surface area (Å²) >= 11 is 3.20. The fourth-order valence-corrected chi connectivity index (χ4v) is 2.15. The van der Waals surface area contributed by atoms with Crippen molar-refractivity contribution >= 4 is 15.9 Å². The third kappa shape index (κ3) is 2.47. The summed E-state index contributed by atoms with van der Waals surface area (Å²) in [5.41, 5.74) is 0.760. The average Bonchev–Trinajstić information content (AvgIpc) is 2.73. The van der Waals surface area contributed by atoms with Crippen molar-refractivity contribution in [3.63, 3.8) is 0 Å². The van der Waals surface area contributed by atoms with Crippen molar-refractivity contribution in [2.45, 2.75) is 13.0 Å². The first kappa shape index (κ1) is 13.2. The van der Waals surface area contributed by atoms with Gasteiger partial charge in [0.05, 0.1) is 6.04 Å². The Balaban J connectivity index is 2.48. The minimum atomic E-state index is -0.593. The van der Waals surface area contributed by atoms with Gasteiger partial charge in [0.15, 0.2) is 4.67 Å². The second kappa shape index (κ2) is 5.20. The Labute approximate surface area is 112 Å². The van der Waals surface area contributed by atoms with Crippen LogP contribution in [-0.4, -0.2) is 7.05 Å². The van der Waals surface area contributed by atoms with Gasteiger partial charge in [0.1, 0.15) is 17.4 Å². The molecule has 0 aliphatic rings. The molecule has 1 aromatic heterocycles. The summed E-state index contributed by atoms with van der Waals surface area (Å²) in [6.07, 6.45) is 0. The maximum Gasteiger partial charge on any atom is 0.169 e. The van der Waals surface area contributed by atoms with Crippen LogP contribution in [0.15, 0.2) is 33.4 Å². The molecule has 0 bridgehead atoms. The van der Waals surface area contributed by atoms with E-state index in [1.54, 1.807) is 26.1 Å². The molecular weight excluding hydrogens is 304 g/mol. The lowest BCUT2D eigenvalue weighted by Gasteiger charge is -2.16. The Morgan fingerprint density at radius 2 is 1.94 bits per heavy atom. The van der Waals surface area contributed by atoms with Crippen LogP contribution in [-0.2, 0) is 0 Å². The van der Waals surface area contributed by atoms with Gasteiger partial charge < -0.3 is 9.73 Å². The molecule has 1 N–H and O–H groups in total. The van der Waals surface area contributed by atoms with E-state index in [2.05, 4.69) is 21.2 Å². The lowest BCUT2D eigenvalue weighted by Crippen LogP contribution is -2.18. The van der Waals surface area contributed by atoms with E-state index in [9.17, 15) is 8.78 Å². The number of aryl methyl sites for hydroxylation is 1. The van der Waals surface area contributed by atoms with Crippen LogP contribution in [0.4, 0.5) is 8.78 Å². The summed E-state index contributed by atoms with van der Waals surface area (Å²) < 4.78 is 33.0. The topological polar surface area (TPSA) is 25.2 Å². The third-order valence-electron chi connectivity index (χ3n) is 2.76. The molecule has 1 aromatic carbocycles. The van der Waals surface area contributed by atoms with Crippen molar-refractivity contribution in [2.75, 3.05) is 7.05 Å². The molecule has 0 spiro atoms. The number of rotatable bonds is 3. The van der Waals surface area contributed by atoms with Gasteiger partial charge in [0.2, 0.25) is 0 Å². The molecule has 2 aromatic rings. The smallest absolute Gasteiger partial charge is 0.169 e.